The van der Waals surface area contributed by atoms with Crippen molar-refractivity contribution in [1.82, 2.24) is 0 Å². The zero-order valence-electron chi connectivity index (χ0n) is 14.7. The number of hydrogen-bond acceptors (Lipinski definition) is 4. The van der Waals surface area contributed by atoms with E-state index in [0.29, 0.717) is 29.0 Å². The summed E-state index contributed by atoms with van der Waals surface area (Å²) in [5, 5.41) is 9.99. The van der Waals surface area contributed by atoms with Gasteiger partial charge in [-0.05, 0) is 37.6 Å². The van der Waals surface area contributed by atoms with Crippen molar-refractivity contribution >= 4 is 11.9 Å². The molecule has 0 spiro atoms. The second-order valence-corrected chi connectivity index (χ2v) is 6.69. The number of fused-ring (bicyclic) bond motifs is 1. The SMILES string of the molecule is COc1ccc2c(c1/C=C\C(C)(C)O)O[C@H](c1ccccc1)CC2=O. The van der Waals surface area contributed by atoms with E-state index in [1.807, 2.05) is 30.3 Å². The molecular weight excluding hydrogens is 316 g/mol. The Morgan fingerprint density at radius 1 is 1.20 bits per heavy atom. The first-order chi connectivity index (χ1) is 11.9. The standard InChI is InChI=1S/C21H22O4/c1-21(2,23)12-11-16-18(24-3)10-9-15-17(22)13-19(25-20(15)16)14-7-5-4-6-8-14/h4-12,19,23H,13H2,1-3H3/b12-11-/t19-/m0/s1. The summed E-state index contributed by atoms with van der Waals surface area (Å²) in [5.74, 6) is 1.14. The van der Waals surface area contributed by atoms with Crippen molar-refractivity contribution in [2.75, 3.05) is 7.11 Å². The van der Waals surface area contributed by atoms with Gasteiger partial charge in [0.25, 0.3) is 0 Å². The van der Waals surface area contributed by atoms with Crippen molar-refractivity contribution in [2.45, 2.75) is 32.0 Å². The van der Waals surface area contributed by atoms with Crippen LogP contribution in [-0.2, 0) is 0 Å². The molecule has 4 heteroatoms. The highest BCUT2D eigenvalue weighted by Crippen LogP contribution is 2.41. The minimum absolute atomic E-state index is 0.0377. The van der Waals surface area contributed by atoms with E-state index < -0.39 is 5.60 Å². The normalized spacial score (nSPS) is 17.3. The van der Waals surface area contributed by atoms with Crippen molar-refractivity contribution in [3.63, 3.8) is 0 Å². The average molecular weight is 338 g/mol. The molecule has 2 aromatic carbocycles. The maximum absolute atomic E-state index is 12.6. The van der Waals surface area contributed by atoms with Gasteiger partial charge in [-0.25, -0.2) is 0 Å². The molecule has 1 aliphatic heterocycles. The third kappa shape index (κ3) is 3.74. The average Bonchev–Trinajstić information content (AvgIpc) is 2.59. The van der Waals surface area contributed by atoms with E-state index in [-0.39, 0.29) is 11.9 Å². The quantitative estimate of drug-likeness (QED) is 0.908. The number of methoxy groups -OCH3 is 1. The van der Waals surface area contributed by atoms with E-state index in [4.69, 9.17) is 9.47 Å². The lowest BCUT2D eigenvalue weighted by molar-refractivity contribution is 0.0849. The molecular formula is C21H22O4. The number of hydrogen-bond donors (Lipinski definition) is 1. The molecule has 3 rings (SSSR count). The molecule has 0 radical (unpaired) electrons. The maximum Gasteiger partial charge on any atom is 0.170 e. The van der Waals surface area contributed by atoms with Gasteiger partial charge in [-0.1, -0.05) is 36.4 Å². The fraction of sp³-hybridized carbons (Fsp3) is 0.286. The van der Waals surface area contributed by atoms with Gasteiger partial charge in [-0.15, -0.1) is 0 Å². The molecule has 0 unspecified atom stereocenters. The second-order valence-electron chi connectivity index (χ2n) is 6.69. The Kier molecular flexibility index (Phi) is 4.64. The van der Waals surface area contributed by atoms with Crippen LogP contribution in [0.3, 0.4) is 0 Å². The predicted molar refractivity (Wildman–Crippen MR) is 97.1 cm³/mol. The van der Waals surface area contributed by atoms with Crippen LogP contribution in [0, 0.1) is 0 Å². The zero-order chi connectivity index (χ0) is 18.0. The first kappa shape index (κ1) is 17.2. The van der Waals surface area contributed by atoms with E-state index in [1.165, 1.54) is 0 Å². The molecule has 0 saturated carbocycles. The number of ether oxygens (including phenoxy) is 2. The number of ketones is 1. The van der Waals surface area contributed by atoms with Crippen molar-refractivity contribution in [2.24, 2.45) is 0 Å². The Labute approximate surface area is 147 Å². The van der Waals surface area contributed by atoms with E-state index in [0.717, 1.165) is 5.56 Å². The van der Waals surface area contributed by atoms with Gasteiger partial charge in [0.1, 0.15) is 17.6 Å². The topological polar surface area (TPSA) is 55.8 Å². The lowest BCUT2D eigenvalue weighted by atomic mass is 9.93. The highest BCUT2D eigenvalue weighted by molar-refractivity contribution is 6.01. The Balaban J connectivity index is 2.08. The minimum Gasteiger partial charge on any atom is -0.496 e. The molecule has 1 atom stereocenters. The fourth-order valence-corrected chi connectivity index (χ4v) is 2.87. The van der Waals surface area contributed by atoms with Crippen molar-refractivity contribution in [1.29, 1.82) is 0 Å². The molecule has 4 nitrogen and oxygen atoms in total. The van der Waals surface area contributed by atoms with Gasteiger partial charge in [0.05, 0.1) is 30.3 Å². The summed E-state index contributed by atoms with van der Waals surface area (Å²) in [5.41, 5.74) is 1.19. The summed E-state index contributed by atoms with van der Waals surface area (Å²) in [7, 11) is 1.57. The first-order valence-corrected chi connectivity index (χ1v) is 8.26. The Morgan fingerprint density at radius 3 is 2.56 bits per heavy atom. The number of carbonyl (C=O) groups excluding carboxylic acids is 1. The third-order valence-electron chi connectivity index (χ3n) is 4.14. The van der Waals surface area contributed by atoms with Gasteiger partial charge < -0.3 is 14.6 Å². The van der Waals surface area contributed by atoms with E-state index in [2.05, 4.69) is 0 Å². The summed E-state index contributed by atoms with van der Waals surface area (Å²) >= 11 is 0. The monoisotopic (exact) mass is 338 g/mol. The van der Waals surface area contributed by atoms with E-state index >= 15 is 0 Å². The van der Waals surface area contributed by atoms with Crippen LogP contribution in [0.1, 0.15) is 47.9 Å². The van der Waals surface area contributed by atoms with Gasteiger partial charge >= 0.3 is 0 Å². The molecule has 0 aliphatic carbocycles. The minimum atomic E-state index is -0.981. The number of carbonyl (C=O) groups is 1. The van der Waals surface area contributed by atoms with Crippen molar-refractivity contribution in [3.8, 4) is 11.5 Å². The van der Waals surface area contributed by atoms with Crippen molar-refractivity contribution in [3.05, 3.63) is 65.2 Å². The highest BCUT2D eigenvalue weighted by atomic mass is 16.5. The first-order valence-electron chi connectivity index (χ1n) is 8.26. The molecule has 0 amide bonds. The molecule has 0 aromatic heterocycles. The fourth-order valence-electron chi connectivity index (χ4n) is 2.87. The largest absolute Gasteiger partial charge is 0.496 e. The molecule has 1 aliphatic rings. The van der Waals surface area contributed by atoms with Gasteiger partial charge in [0.2, 0.25) is 0 Å². The van der Waals surface area contributed by atoms with E-state index in [1.54, 1.807) is 45.2 Å². The Hall–Kier alpha value is -2.59. The van der Waals surface area contributed by atoms with Gasteiger partial charge in [-0.3, -0.25) is 4.79 Å². The molecule has 25 heavy (non-hydrogen) atoms. The molecule has 0 bridgehead atoms. The van der Waals surface area contributed by atoms with Gasteiger partial charge in [0.15, 0.2) is 5.78 Å². The Bertz CT molecular complexity index is 801. The number of Topliss-reactive ketones (excluding diaryl/α,β-unsaturated/α-hetero) is 1. The molecule has 0 fully saturated rings. The summed E-state index contributed by atoms with van der Waals surface area (Å²) in [6, 6.07) is 13.2. The molecule has 2 aromatic rings. The van der Waals surface area contributed by atoms with Gasteiger partial charge in [-0.2, -0.15) is 0 Å². The number of benzene rings is 2. The van der Waals surface area contributed by atoms with Crippen LogP contribution in [0.2, 0.25) is 0 Å². The Morgan fingerprint density at radius 2 is 1.92 bits per heavy atom. The predicted octanol–water partition coefficient (Wildman–Crippen LogP) is 4.19. The number of rotatable bonds is 4. The lowest BCUT2D eigenvalue weighted by Crippen LogP contribution is -2.21. The highest BCUT2D eigenvalue weighted by Gasteiger charge is 2.30. The zero-order valence-corrected chi connectivity index (χ0v) is 14.7. The van der Waals surface area contributed by atoms with Crippen LogP contribution in [0.5, 0.6) is 11.5 Å². The van der Waals surface area contributed by atoms with Crippen LogP contribution in [0.4, 0.5) is 0 Å². The summed E-state index contributed by atoms with van der Waals surface area (Å²) < 4.78 is 11.6. The summed E-state index contributed by atoms with van der Waals surface area (Å²) in [4.78, 5) is 12.6. The van der Waals surface area contributed by atoms with Crippen LogP contribution in [0.25, 0.3) is 6.08 Å². The van der Waals surface area contributed by atoms with Crippen LogP contribution >= 0.6 is 0 Å². The molecule has 1 heterocycles. The summed E-state index contributed by atoms with van der Waals surface area (Å²) in [6.45, 7) is 3.37. The molecule has 130 valence electrons. The molecule has 1 N–H and O–H groups in total. The van der Waals surface area contributed by atoms with Crippen LogP contribution in [-0.4, -0.2) is 23.6 Å². The van der Waals surface area contributed by atoms with Crippen LogP contribution < -0.4 is 9.47 Å². The lowest BCUT2D eigenvalue weighted by Gasteiger charge is -2.27. The third-order valence-corrected chi connectivity index (χ3v) is 4.14. The summed E-state index contributed by atoms with van der Waals surface area (Å²) in [6.07, 6.45) is 3.38. The van der Waals surface area contributed by atoms with Gasteiger partial charge in [0, 0.05) is 0 Å². The van der Waals surface area contributed by atoms with E-state index in [9.17, 15) is 9.90 Å². The second kappa shape index (κ2) is 6.73. The molecule has 0 saturated heterocycles. The van der Waals surface area contributed by atoms with Crippen LogP contribution in [0.15, 0.2) is 48.5 Å². The van der Waals surface area contributed by atoms with Crippen molar-refractivity contribution < 1.29 is 19.4 Å². The smallest absolute Gasteiger partial charge is 0.170 e. The number of aliphatic hydroxyl groups is 1. The maximum atomic E-state index is 12.6.